The Morgan fingerprint density at radius 2 is 1.83 bits per heavy atom. The van der Waals surface area contributed by atoms with Crippen LogP contribution in [0, 0.1) is 5.41 Å². The van der Waals surface area contributed by atoms with Crippen LogP contribution >= 0.6 is 0 Å². The second kappa shape index (κ2) is 6.72. The van der Waals surface area contributed by atoms with Crippen LogP contribution < -0.4 is 0 Å². The van der Waals surface area contributed by atoms with Gasteiger partial charge in [0.1, 0.15) is 5.78 Å². The zero-order chi connectivity index (χ0) is 13.6. The lowest BCUT2D eigenvalue weighted by Crippen LogP contribution is -2.23. The molecule has 1 aliphatic rings. The number of allylic oxidation sites excluding steroid dienone is 6. The van der Waals surface area contributed by atoms with Gasteiger partial charge in [0.05, 0.1) is 0 Å². The zero-order valence-corrected chi connectivity index (χ0v) is 12.3. The van der Waals surface area contributed by atoms with Gasteiger partial charge in [-0.05, 0) is 59.8 Å². The van der Waals surface area contributed by atoms with Crippen molar-refractivity contribution in [2.45, 2.75) is 59.8 Å². The standard InChI is InChI=1S/C17H26O/c1-14-8-5-6-12-17(4,16(3)18)13-11-15(2)10-7-9-14/h6,8,10,12H,5,7,9,11,13H2,1-4H3/b12-6-,14-8-,15-10-. The molecule has 0 N–H and O–H groups in total. The Kier molecular flexibility index (Phi) is 5.58. The molecule has 1 atom stereocenters. The van der Waals surface area contributed by atoms with E-state index in [0.717, 1.165) is 32.1 Å². The van der Waals surface area contributed by atoms with Gasteiger partial charge in [-0.3, -0.25) is 4.79 Å². The van der Waals surface area contributed by atoms with Crippen molar-refractivity contribution in [3.05, 3.63) is 35.5 Å². The summed E-state index contributed by atoms with van der Waals surface area (Å²) in [6, 6.07) is 0. The largest absolute Gasteiger partial charge is 0.299 e. The minimum atomic E-state index is -0.296. The lowest BCUT2D eigenvalue weighted by molar-refractivity contribution is -0.123. The van der Waals surface area contributed by atoms with Gasteiger partial charge in [0.25, 0.3) is 0 Å². The average Bonchev–Trinajstić information content (AvgIpc) is 2.30. The van der Waals surface area contributed by atoms with E-state index in [1.54, 1.807) is 6.92 Å². The van der Waals surface area contributed by atoms with E-state index in [9.17, 15) is 4.79 Å². The SMILES string of the molecule is CC(=O)C1(C)/C=C\C/C=C(/C)CC/C=C(/C)CC1. The highest BCUT2D eigenvalue weighted by atomic mass is 16.1. The zero-order valence-electron chi connectivity index (χ0n) is 12.3. The Balaban J connectivity index is 2.91. The molecule has 0 saturated carbocycles. The van der Waals surface area contributed by atoms with Crippen molar-refractivity contribution < 1.29 is 4.79 Å². The summed E-state index contributed by atoms with van der Waals surface area (Å²) in [6.07, 6.45) is 14.0. The fourth-order valence-electron chi connectivity index (χ4n) is 2.18. The number of rotatable bonds is 1. The molecule has 18 heavy (non-hydrogen) atoms. The van der Waals surface area contributed by atoms with Crippen LogP contribution in [-0.2, 0) is 4.79 Å². The minimum Gasteiger partial charge on any atom is -0.299 e. The third kappa shape index (κ3) is 4.64. The van der Waals surface area contributed by atoms with Crippen LogP contribution in [0.1, 0.15) is 59.8 Å². The summed E-state index contributed by atoms with van der Waals surface area (Å²) < 4.78 is 0. The van der Waals surface area contributed by atoms with Crippen LogP contribution in [-0.4, -0.2) is 5.78 Å². The number of carbonyl (C=O) groups excluding carboxylic acids is 1. The van der Waals surface area contributed by atoms with Gasteiger partial charge in [0.15, 0.2) is 0 Å². The van der Waals surface area contributed by atoms with Crippen LogP contribution in [0.4, 0.5) is 0 Å². The molecule has 0 saturated heterocycles. The maximum Gasteiger partial charge on any atom is 0.139 e. The van der Waals surface area contributed by atoms with E-state index in [4.69, 9.17) is 0 Å². The Labute approximate surface area is 112 Å². The highest BCUT2D eigenvalue weighted by molar-refractivity contribution is 5.83. The maximum absolute atomic E-state index is 11.8. The van der Waals surface area contributed by atoms with E-state index in [1.165, 1.54) is 11.1 Å². The van der Waals surface area contributed by atoms with Gasteiger partial charge in [-0.1, -0.05) is 35.5 Å². The molecular formula is C17H26O. The normalized spacial score (nSPS) is 34.2. The van der Waals surface area contributed by atoms with Gasteiger partial charge in [-0.25, -0.2) is 0 Å². The van der Waals surface area contributed by atoms with E-state index in [-0.39, 0.29) is 11.2 Å². The third-order valence-electron chi connectivity index (χ3n) is 3.96. The quantitative estimate of drug-likeness (QED) is 0.595. The number of hydrogen-bond donors (Lipinski definition) is 0. The van der Waals surface area contributed by atoms with Gasteiger partial charge in [-0.2, -0.15) is 0 Å². The Bertz CT molecular complexity index is 384. The monoisotopic (exact) mass is 246 g/mol. The summed E-state index contributed by atoms with van der Waals surface area (Å²) in [6.45, 7) is 8.12. The average molecular weight is 246 g/mol. The smallest absolute Gasteiger partial charge is 0.139 e. The van der Waals surface area contributed by atoms with Crippen LogP contribution in [0.5, 0.6) is 0 Å². The number of Topliss-reactive ketones (excluding diaryl/α,β-unsaturated/α-hetero) is 1. The molecule has 1 heteroatoms. The maximum atomic E-state index is 11.8. The fraction of sp³-hybridized carbons (Fsp3) is 0.588. The van der Waals surface area contributed by atoms with E-state index in [0.29, 0.717) is 0 Å². The van der Waals surface area contributed by atoms with Crippen molar-refractivity contribution in [2.24, 2.45) is 5.41 Å². The van der Waals surface area contributed by atoms with E-state index in [2.05, 4.69) is 45.1 Å². The highest BCUT2D eigenvalue weighted by Gasteiger charge is 2.25. The van der Waals surface area contributed by atoms with E-state index < -0.39 is 0 Å². The molecule has 0 aromatic carbocycles. The Morgan fingerprint density at radius 1 is 1.17 bits per heavy atom. The first-order valence-electron chi connectivity index (χ1n) is 6.94. The molecule has 0 fully saturated rings. The van der Waals surface area contributed by atoms with Crippen molar-refractivity contribution in [1.82, 2.24) is 0 Å². The van der Waals surface area contributed by atoms with E-state index >= 15 is 0 Å². The van der Waals surface area contributed by atoms with Crippen molar-refractivity contribution >= 4 is 5.78 Å². The summed E-state index contributed by atoms with van der Waals surface area (Å²) in [5.74, 6) is 0.268. The highest BCUT2D eigenvalue weighted by Crippen LogP contribution is 2.29. The molecule has 0 aromatic rings. The molecule has 0 bridgehead atoms. The van der Waals surface area contributed by atoms with Crippen LogP contribution in [0.2, 0.25) is 0 Å². The van der Waals surface area contributed by atoms with Crippen LogP contribution in [0.15, 0.2) is 35.5 Å². The molecular weight excluding hydrogens is 220 g/mol. The molecule has 1 unspecified atom stereocenters. The summed E-state index contributed by atoms with van der Waals surface area (Å²) in [5, 5.41) is 0. The predicted molar refractivity (Wildman–Crippen MR) is 78.5 cm³/mol. The molecule has 0 aliphatic heterocycles. The molecule has 1 aliphatic carbocycles. The molecule has 0 spiro atoms. The number of hydrogen-bond acceptors (Lipinski definition) is 1. The number of carbonyl (C=O) groups is 1. The summed E-state index contributed by atoms with van der Waals surface area (Å²) in [5.41, 5.74) is 2.55. The fourth-order valence-corrected chi connectivity index (χ4v) is 2.18. The first kappa shape index (κ1) is 14.9. The van der Waals surface area contributed by atoms with Crippen molar-refractivity contribution in [1.29, 1.82) is 0 Å². The summed E-state index contributed by atoms with van der Waals surface area (Å²) in [4.78, 5) is 11.8. The second-order valence-corrected chi connectivity index (χ2v) is 5.75. The Morgan fingerprint density at radius 3 is 2.50 bits per heavy atom. The first-order chi connectivity index (χ1) is 8.44. The third-order valence-corrected chi connectivity index (χ3v) is 3.96. The van der Waals surface area contributed by atoms with Crippen molar-refractivity contribution in [3.8, 4) is 0 Å². The van der Waals surface area contributed by atoms with Gasteiger partial charge < -0.3 is 0 Å². The summed E-state index contributed by atoms with van der Waals surface area (Å²) in [7, 11) is 0. The lowest BCUT2D eigenvalue weighted by atomic mass is 9.80. The number of ketones is 1. The first-order valence-corrected chi connectivity index (χ1v) is 6.94. The van der Waals surface area contributed by atoms with Gasteiger partial charge >= 0.3 is 0 Å². The van der Waals surface area contributed by atoms with Gasteiger partial charge in [-0.15, -0.1) is 0 Å². The molecule has 0 amide bonds. The van der Waals surface area contributed by atoms with Crippen LogP contribution in [0.3, 0.4) is 0 Å². The minimum absolute atomic E-state index is 0.268. The van der Waals surface area contributed by atoms with E-state index in [1.807, 2.05) is 0 Å². The molecule has 1 rings (SSSR count). The second-order valence-electron chi connectivity index (χ2n) is 5.75. The van der Waals surface area contributed by atoms with Gasteiger partial charge in [0.2, 0.25) is 0 Å². The molecule has 0 heterocycles. The van der Waals surface area contributed by atoms with Crippen molar-refractivity contribution in [2.75, 3.05) is 0 Å². The Hall–Kier alpha value is -1.11. The topological polar surface area (TPSA) is 17.1 Å². The molecule has 0 aromatic heterocycles. The van der Waals surface area contributed by atoms with Crippen molar-refractivity contribution in [3.63, 3.8) is 0 Å². The van der Waals surface area contributed by atoms with Gasteiger partial charge in [0, 0.05) is 5.41 Å². The molecule has 0 radical (unpaired) electrons. The molecule has 1 nitrogen and oxygen atoms in total. The van der Waals surface area contributed by atoms with Crippen LogP contribution in [0.25, 0.3) is 0 Å². The lowest BCUT2D eigenvalue weighted by Gasteiger charge is -2.23. The predicted octanol–water partition coefficient (Wildman–Crippen LogP) is 4.99. The molecule has 100 valence electrons. The summed E-state index contributed by atoms with van der Waals surface area (Å²) >= 11 is 0.